The Kier molecular flexibility index (Phi) is 7.47. The Balaban J connectivity index is 1.48. The fraction of sp³-hybridized carbons (Fsp3) is 0.462. The quantitative estimate of drug-likeness (QED) is 0.608. The van der Waals surface area contributed by atoms with E-state index in [0.717, 1.165) is 31.4 Å². The lowest BCUT2D eigenvalue weighted by molar-refractivity contribution is -0.125. The first-order chi connectivity index (χ1) is 16.7. The van der Waals surface area contributed by atoms with Crippen molar-refractivity contribution in [1.82, 2.24) is 10.2 Å². The largest absolute Gasteiger partial charge is 0.376 e. The Bertz CT molecular complexity index is 1200. The van der Waals surface area contributed by atoms with Gasteiger partial charge in [-0.2, -0.15) is 0 Å². The lowest BCUT2D eigenvalue weighted by Crippen LogP contribution is -2.47. The highest BCUT2D eigenvalue weighted by atomic mass is 32.2. The smallest absolute Gasteiger partial charge is 0.262 e. The fourth-order valence-electron chi connectivity index (χ4n) is 5.10. The molecule has 2 aromatic rings. The lowest BCUT2D eigenvalue weighted by atomic mass is 10.1. The minimum Gasteiger partial charge on any atom is -0.376 e. The Morgan fingerprint density at radius 3 is 2.49 bits per heavy atom. The molecule has 35 heavy (non-hydrogen) atoms. The number of amides is 2. The Morgan fingerprint density at radius 1 is 1.06 bits per heavy atom. The van der Waals surface area contributed by atoms with Crippen molar-refractivity contribution in [3.05, 3.63) is 58.7 Å². The number of nitrogens with one attached hydrogen (secondary N) is 2. The first kappa shape index (κ1) is 25.2. The number of anilines is 1. The van der Waals surface area contributed by atoms with Crippen LogP contribution >= 0.6 is 0 Å². The molecule has 2 amide bonds. The van der Waals surface area contributed by atoms with Crippen molar-refractivity contribution in [3.63, 3.8) is 0 Å². The Hall–Kier alpha value is -2.91. The maximum Gasteiger partial charge on any atom is 0.262 e. The summed E-state index contributed by atoms with van der Waals surface area (Å²) in [4.78, 5) is 27.9. The van der Waals surface area contributed by atoms with E-state index in [9.17, 15) is 18.0 Å². The van der Waals surface area contributed by atoms with E-state index in [1.54, 1.807) is 36.9 Å². The van der Waals surface area contributed by atoms with Crippen molar-refractivity contribution < 1.29 is 22.7 Å². The predicted octanol–water partition coefficient (Wildman–Crippen LogP) is 3.31. The number of carbonyl (C=O) groups excluding carboxylic acids is 2. The average Bonchev–Trinajstić information content (AvgIpc) is 3.48. The zero-order chi connectivity index (χ0) is 25.2. The Morgan fingerprint density at radius 2 is 1.80 bits per heavy atom. The highest BCUT2D eigenvalue weighted by Gasteiger charge is 2.35. The third-order valence-electron chi connectivity index (χ3n) is 6.58. The summed E-state index contributed by atoms with van der Waals surface area (Å²) >= 11 is 0. The zero-order valence-corrected chi connectivity index (χ0v) is 21.3. The van der Waals surface area contributed by atoms with Crippen LogP contribution in [0.2, 0.25) is 0 Å². The molecule has 2 N–H and O–H groups in total. The van der Waals surface area contributed by atoms with Crippen LogP contribution in [0.3, 0.4) is 0 Å². The number of hydrogen-bond acceptors (Lipinski definition) is 5. The number of rotatable bonds is 7. The number of ether oxygens (including phenoxy) is 1. The summed E-state index contributed by atoms with van der Waals surface area (Å²) in [6, 6.07) is 9.55. The molecule has 0 unspecified atom stereocenters. The van der Waals surface area contributed by atoms with Gasteiger partial charge in [0, 0.05) is 30.9 Å². The van der Waals surface area contributed by atoms with Crippen molar-refractivity contribution in [1.29, 1.82) is 0 Å². The van der Waals surface area contributed by atoms with E-state index in [0.29, 0.717) is 41.9 Å². The van der Waals surface area contributed by atoms with Crippen LogP contribution in [0.5, 0.6) is 0 Å². The SMILES string of the molecule is Cc1cc(C)c(S(=O)(=O)Nc2cccc(C(=O)N3CCC[C@H]3C(=O)NC[C@H]3CCCO3)c2)c(C)c1. The van der Waals surface area contributed by atoms with Crippen LogP contribution in [0.15, 0.2) is 41.3 Å². The van der Waals surface area contributed by atoms with Crippen molar-refractivity contribution in [2.24, 2.45) is 0 Å². The molecule has 9 heteroatoms. The molecule has 0 spiro atoms. The molecule has 0 radical (unpaired) electrons. The van der Waals surface area contributed by atoms with Crippen LogP contribution in [-0.4, -0.2) is 57.0 Å². The first-order valence-electron chi connectivity index (χ1n) is 12.1. The summed E-state index contributed by atoms with van der Waals surface area (Å²) in [5.41, 5.74) is 2.95. The predicted molar refractivity (Wildman–Crippen MR) is 134 cm³/mol. The van der Waals surface area contributed by atoms with E-state index < -0.39 is 16.1 Å². The van der Waals surface area contributed by atoms with Crippen LogP contribution in [0.1, 0.15) is 52.7 Å². The third kappa shape index (κ3) is 5.67. The monoisotopic (exact) mass is 499 g/mol. The third-order valence-corrected chi connectivity index (χ3v) is 8.27. The highest BCUT2D eigenvalue weighted by Crippen LogP contribution is 2.26. The van der Waals surface area contributed by atoms with Crippen molar-refractivity contribution in [3.8, 4) is 0 Å². The van der Waals surface area contributed by atoms with Gasteiger partial charge in [-0.25, -0.2) is 8.42 Å². The number of aryl methyl sites for hydroxylation is 3. The molecule has 8 nitrogen and oxygen atoms in total. The van der Waals surface area contributed by atoms with Crippen LogP contribution in [0.25, 0.3) is 0 Å². The maximum atomic E-state index is 13.3. The van der Waals surface area contributed by atoms with Gasteiger partial charge in [0.25, 0.3) is 15.9 Å². The zero-order valence-electron chi connectivity index (χ0n) is 20.5. The summed E-state index contributed by atoms with van der Waals surface area (Å²) in [6.07, 6.45) is 3.30. The van der Waals surface area contributed by atoms with E-state index in [1.807, 2.05) is 19.1 Å². The second-order valence-corrected chi connectivity index (χ2v) is 11.1. The van der Waals surface area contributed by atoms with E-state index in [4.69, 9.17) is 4.74 Å². The molecule has 0 bridgehead atoms. The summed E-state index contributed by atoms with van der Waals surface area (Å²) in [6.45, 7) is 7.11. The van der Waals surface area contributed by atoms with Gasteiger partial charge in [-0.15, -0.1) is 0 Å². The average molecular weight is 500 g/mol. The molecule has 2 saturated heterocycles. The minimum atomic E-state index is -3.84. The summed E-state index contributed by atoms with van der Waals surface area (Å²) in [7, 11) is -3.84. The van der Waals surface area contributed by atoms with Crippen LogP contribution in [0, 0.1) is 20.8 Å². The lowest BCUT2D eigenvalue weighted by Gasteiger charge is -2.25. The normalized spacial score (nSPS) is 20.1. The van der Waals surface area contributed by atoms with Gasteiger partial charge in [-0.05, 0) is 75.8 Å². The molecule has 2 aliphatic rings. The van der Waals surface area contributed by atoms with Gasteiger partial charge in [0.05, 0.1) is 11.0 Å². The molecule has 4 rings (SSSR count). The summed E-state index contributed by atoms with van der Waals surface area (Å²) in [5.74, 6) is -0.461. The molecule has 188 valence electrons. The Labute approximate surface area is 207 Å². The fourth-order valence-corrected chi connectivity index (χ4v) is 6.60. The van der Waals surface area contributed by atoms with E-state index >= 15 is 0 Å². The van der Waals surface area contributed by atoms with E-state index in [1.165, 1.54) is 6.07 Å². The van der Waals surface area contributed by atoms with Gasteiger partial charge in [-0.3, -0.25) is 14.3 Å². The van der Waals surface area contributed by atoms with Gasteiger partial charge in [0.1, 0.15) is 6.04 Å². The van der Waals surface area contributed by atoms with Crippen molar-refractivity contribution in [2.75, 3.05) is 24.4 Å². The van der Waals surface area contributed by atoms with Gasteiger partial charge < -0.3 is 15.0 Å². The molecule has 0 saturated carbocycles. The summed E-state index contributed by atoms with van der Waals surface area (Å²) < 4.78 is 34.5. The number of likely N-dealkylation sites (tertiary alicyclic amines) is 1. The van der Waals surface area contributed by atoms with Crippen LogP contribution in [0.4, 0.5) is 5.69 Å². The maximum absolute atomic E-state index is 13.3. The molecule has 0 aliphatic carbocycles. The molecule has 2 aromatic carbocycles. The molecular formula is C26H33N3O5S. The molecule has 2 atom stereocenters. The number of benzene rings is 2. The second-order valence-electron chi connectivity index (χ2n) is 9.45. The number of carbonyl (C=O) groups is 2. The molecule has 2 fully saturated rings. The number of nitrogens with zero attached hydrogens (tertiary/aromatic N) is 1. The standard InChI is InChI=1S/C26H33N3O5S/c1-17-13-18(2)24(19(3)14-17)35(32,33)28-21-8-4-7-20(15-21)26(31)29-11-5-10-23(29)25(30)27-16-22-9-6-12-34-22/h4,7-8,13-15,22-23,28H,5-6,9-12,16H2,1-3H3,(H,27,30)/t22-,23+/m1/s1. The molecule has 2 aliphatic heterocycles. The second kappa shape index (κ2) is 10.4. The minimum absolute atomic E-state index is 0.0370. The topological polar surface area (TPSA) is 105 Å². The van der Waals surface area contributed by atoms with Gasteiger partial charge in [0.15, 0.2) is 0 Å². The van der Waals surface area contributed by atoms with Crippen molar-refractivity contribution >= 4 is 27.5 Å². The first-order valence-corrected chi connectivity index (χ1v) is 13.5. The van der Waals surface area contributed by atoms with Crippen LogP contribution < -0.4 is 10.0 Å². The number of hydrogen-bond donors (Lipinski definition) is 2. The van der Waals surface area contributed by atoms with Gasteiger partial charge >= 0.3 is 0 Å². The van der Waals surface area contributed by atoms with Crippen LogP contribution in [-0.2, 0) is 19.6 Å². The molecular weight excluding hydrogens is 466 g/mol. The summed E-state index contributed by atoms with van der Waals surface area (Å²) in [5, 5.41) is 2.93. The molecule has 2 heterocycles. The van der Waals surface area contributed by atoms with E-state index in [2.05, 4.69) is 10.0 Å². The molecule has 0 aromatic heterocycles. The highest BCUT2D eigenvalue weighted by molar-refractivity contribution is 7.92. The van der Waals surface area contributed by atoms with E-state index in [-0.39, 0.29) is 22.8 Å². The van der Waals surface area contributed by atoms with Crippen molar-refractivity contribution in [2.45, 2.75) is 63.5 Å². The van der Waals surface area contributed by atoms with Gasteiger partial charge in [-0.1, -0.05) is 23.8 Å². The van der Waals surface area contributed by atoms with Gasteiger partial charge in [0.2, 0.25) is 5.91 Å². The number of sulfonamides is 1.